The molecule has 2 aromatic heterocycles. The molecule has 2 heterocycles. The Labute approximate surface area is 93.0 Å². The van der Waals surface area contributed by atoms with Crippen LogP contribution in [-0.4, -0.2) is 26.3 Å². The molecule has 4 heteroatoms. The Kier molecular flexibility index (Phi) is 1.81. The summed E-state index contributed by atoms with van der Waals surface area (Å²) in [6, 6.07) is 8.31. The lowest BCUT2D eigenvalue weighted by Crippen LogP contribution is -2.07. The first-order valence-electron chi connectivity index (χ1n) is 4.24. The minimum absolute atomic E-state index is 0.983. The van der Waals surface area contributed by atoms with Gasteiger partial charge in [0.25, 0.3) is 0 Å². The summed E-state index contributed by atoms with van der Waals surface area (Å²) in [4.78, 5) is 8.48. The average Bonchev–Trinajstić information content (AvgIpc) is 2.59. The topological polar surface area (TPSA) is 25.8 Å². The normalized spacial score (nSPS) is 11.1. The Morgan fingerprint density at radius 3 is 2.93 bits per heavy atom. The second-order valence-corrected chi connectivity index (χ2v) is 4.63. The number of fused-ring (bicyclic) bond motifs is 3. The SMILES string of the molecule is [Al][c]1ncnc2c1sc1ccccc12. The molecule has 0 aliphatic rings. The first-order chi connectivity index (χ1) is 6.86. The molecule has 3 rings (SSSR count). The zero-order valence-corrected chi connectivity index (χ0v) is 9.24. The fraction of sp³-hybridized carbons (Fsp3) is 0. The van der Waals surface area contributed by atoms with Gasteiger partial charge in [0.15, 0.2) is 0 Å². The number of nitrogens with zero attached hydrogens (tertiary/aromatic N) is 2. The number of aromatic nitrogens is 2. The first kappa shape index (κ1) is 8.37. The van der Waals surface area contributed by atoms with Gasteiger partial charge in [-0.05, 0) is 10.6 Å². The van der Waals surface area contributed by atoms with Crippen molar-refractivity contribution in [3.05, 3.63) is 30.6 Å². The molecular formula is C10H5AlN2S. The molecule has 2 radical (unpaired) electrons. The smallest absolute Gasteiger partial charge is 0.212 e. The van der Waals surface area contributed by atoms with E-state index in [0.717, 1.165) is 10.1 Å². The van der Waals surface area contributed by atoms with E-state index in [1.165, 1.54) is 14.8 Å². The van der Waals surface area contributed by atoms with E-state index >= 15 is 0 Å². The number of benzene rings is 1. The lowest BCUT2D eigenvalue weighted by Gasteiger charge is -1.92. The van der Waals surface area contributed by atoms with Crippen molar-refractivity contribution in [3.8, 4) is 0 Å². The van der Waals surface area contributed by atoms with Crippen molar-refractivity contribution in [3.63, 3.8) is 0 Å². The number of hydrogen-bond acceptors (Lipinski definition) is 3. The largest absolute Gasteiger partial charge is 0.261 e. The Morgan fingerprint density at radius 2 is 2.00 bits per heavy atom. The third-order valence-corrected chi connectivity index (χ3v) is 4.02. The number of hydrogen-bond donors (Lipinski definition) is 0. The molecule has 3 aromatic rings. The monoisotopic (exact) mass is 212 g/mol. The molecule has 0 amide bonds. The lowest BCUT2D eigenvalue weighted by atomic mass is 10.2. The summed E-state index contributed by atoms with van der Waals surface area (Å²) in [5.41, 5.74) is 1.06. The van der Waals surface area contributed by atoms with Gasteiger partial charge in [-0.2, -0.15) is 0 Å². The van der Waals surface area contributed by atoms with Crippen molar-refractivity contribution in [1.29, 1.82) is 0 Å². The van der Waals surface area contributed by atoms with Gasteiger partial charge in [0.2, 0.25) is 16.3 Å². The van der Waals surface area contributed by atoms with Gasteiger partial charge >= 0.3 is 0 Å². The Morgan fingerprint density at radius 1 is 1.14 bits per heavy atom. The highest BCUT2D eigenvalue weighted by Gasteiger charge is 2.06. The molecule has 0 bridgehead atoms. The standard InChI is InChI=1S/C10H5N2S.Al/c1-2-4-8-7(3-1)10-9(13-8)5-11-6-12-10;/h1-4,6H;. The highest BCUT2D eigenvalue weighted by Crippen LogP contribution is 2.29. The van der Waals surface area contributed by atoms with Crippen molar-refractivity contribution in [2.45, 2.75) is 0 Å². The number of rotatable bonds is 0. The van der Waals surface area contributed by atoms with Crippen molar-refractivity contribution in [2.75, 3.05) is 0 Å². The van der Waals surface area contributed by atoms with Crippen molar-refractivity contribution in [2.24, 2.45) is 0 Å². The molecule has 0 saturated heterocycles. The molecule has 0 saturated carbocycles. The summed E-state index contributed by atoms with van der Waals surface area (Å²) in [6.07, 6.45) is 1.61. The van der Waals surface area contributed by atoms with Crippen LogP contribution in [0, 0.1) is 0 Å². The van der Waals surface area contributed by atoms with E-state index in [2.05, 4.69) is 38.4 Å². The van der Waals surface area contributed by atoms with Crippen LogP contribution < -0.4 is 4.56 Å². The van der Waals surface area contributed by atoms with Gasteiger partial charge in [0.1, 0.15) is 6.33 Å². The van der Waals surface area contributed by atoms with E-state index in [1.54, 1.807) is 17.7 Å². The molecular weight excluding hydrogens is 207 g/mol. The van der Waals surface area contributed by atoms with Crippen molar-refractivity contribution < 1.29 is 0 Å². The summed E-state index contributed by atoms with van der Waals surface area (Å²) < 4.78 is 3.42. The van der Waals surface area contributed by atoms with Gasteiger partial charge in [0.05, 0.1) is 10.2 Å². The molecule has 0 aliphatic carbocycles. The zero-order chi connectivity index (χ0) is 9.54. The molecule has 0 fully saturated rings. The van der Waals surface area contributed by atoms with Gasteiger partial charge in [0, 0.05) is 10.1 Å². The van der Waals surface area contributed by atoms with E-state index in [9.17, 15) is 0 Å². The van der Waals surface area contributed by atoms with Crippen LogP contribution >= 0.6 is 11.3 Å². The summed E-state index contributed by atoms with van der Waals surface area (Å²) in [5, 5.41) is 1.22. The van der Waals surface area contributed by atoms with Gasteiger partial charge in [-0.1, -0.05) is 18.2 Å². The predicted molar refractivity (Wildman–Crippen MR) is 60.3 cm³/mol. The van der Waals surface area contributed by atoms with E-state index in [-0.39, 0.29) is 0 Å². The Balaban J connectivity index is 2.63. The minimum Gasteiger partial charge on any atom is -0.261 e. The molecule has 0 spiro atoms. The zero-order valence-electron chi connectivity index (χ0n) is 7.27. The van der Waals surface area contributed by atoms with Crippen molar-refractivity contribution >= 4 is 52.5 Å². The minimum atomic E-state index is 0.983. The van der Waals surface area contributed by atoms with E-state index in [1.807, 2.05) is 12.1 Å². The third-order valence-electron chi connectivity index (χ3n) is 2.19. The van der Waals surface area contributed by atoms with E-state index < -0.39 is 0 Å². The van der Waals surface area contributed by atoms with Gasteiger partial charge in [-0.25, -0.2) is 4.98 Å². The van der Waals surface area contributed by atoms with Gasteiger partial charge in [-0.15, -0.1) is 11.3 Å². The summed E-state index contributed by atoms with van der Waals surface area (Å²) in [5.74, 6) is 0. The lowest BCUT2D eigenvalue weighted by molar-refractivity contribution is 1.26. The molecule has 0 atom stereocenters. The Bertz CT molecular complexity index is 618. The maximum Gasteiger partial charge on any atom is 0.212 e. The molecule has 0 unspecified atom stereocenters. The molecule has 2 nitrogen and oxygen atoms in total. The fourth-order valence-electron chi connectivity index (χ4n) is 1.54. The average molecular weight is 212 g/mol. The second kappa shape index (κ2) is 3.03. The summed E-state index contributed by atoms with van der Waals surface area (Å²) in [6.45, 7) is 0. The van der Waals surface area contributed by atoms with Crippen LogP contribution in [0.25, 0.3) is 20.3 Å². The fourth-order valence-corrected chi connectivity index (χ4v) is 2.98. The summed E-state index contributed by atoms with van der Waals surface area (Å²) in [7, 11) is 0. The van der Waals surface area contributed by atoms with Crippen LogP contribution in [0.3, 0.4) is 0 Å². The molecule has 64 valence electrons. The van der Waals surface area contributed by atoms with Crippen LogP contribution in [-0.2, 0) is 0 Å². The molecule has 1 aromatic carbocycles. The van der Waals surface area contributed by atoms with Gasteiger partial charge in [-0.3, -0.25) is 4.98 Å². The highest BCUT2D eigenvalue weighted by atomic mass is 32.1. The highest BCUT2D eigenvalue weighted by molar-refractivity contribution is 7.26. The van der Waals surface area contributed by atoms with Crippen LogP contribution in [0.5, 0.6) is 0 Å². The van der Waals surface area contributed by atoms with Crippen LogP contribution in [0.15, 0.2) is 30.6 Å². The summed E-state index contributed by atoms with van der Waals surface area (Å²) >= 11 is 4.39. The third kappa shape index (κ3) is 1.09. The first-order valence-corrected chi connectivity index (χ1v) is 5.63. The predicted octanol–water partition coefficient (Wildman–Crippen LogP) is 1.64. The van der Waals surface area contributed by atoms with Crippen LogP contribution in [0.1, 0.15) is 0 Å². The number of thiophene rings is 1. The molecule has 14 heavy (non-hydrogen) atoms. The maximum absolute atomic E-state index is 4.32. The maximum atomic E-state index is 4.32. The van der Waals surface area contributed by atoms with Crippen LogP contribution in [0.4, 0.5) is 0 Å². The van der Waals surface area contributed by atoms with Crippen LogP contribution in [0.2, 0.25) is 0 Å². The van der Waals surface area contributed by atoms with E-state index in [4.69, 9.17) is 0 Å². The van der Waals surface area contributed by atoms with Gasteiger partial charge < -0.3 is 0 Å². The molecule has 0 aliphatic heterocycles. The van der Waals surface area contributed by atoms with E-state index in [0.29, 0.717) is 0 Å². The molecule has 0 N–H and O–H groups in total. The Hall–Kier alpha value is -0.948. The van der Waals surface area contributed by atoms with Crippen molar-refractivity contribution in [1.82, 2.24) is 9.97 Å². The quantitative estimate of drug-likeness (QED) is 0.529. The second-order valence-electron chi connectivity index (χ2n) is 3.03.